The number of piperazine rings is 1. The van der Waals surface area contributed by atoms with Gasteiger partial charge in [-0.15, -0.1) is 0 Å². The predicted molar refractivity (Wildman–Crippen MR) is 146 cm³/mol. The summed E-state index contributed by atoms with van der Waals surface area (Å²) in [4.78, 5) is 26.5. The third-order valence-corrected chi connectivity index (χ3v) is 7.22. The van der Waals surface area contributed by atoms with Crippen molar-refractivity contribution in [1.29, 1.82) is 0 Å². The molecule has 1 aliphatic carbocycles. The highest BCUT2D eigenvalue weighted by Crippen LogP contribution is 2.25. The van der Waals surface area contributed by atoms with Gasteiger partial charge >= 0.3 is 0 Å². The number of aromatic nitrogens is 2. The number of benzene rings is 1. The average molecular weight is 520 g/mol. The lowest BCUT2D eigenvalue weighted by atomic mass is 10.2. The van der Waals surface area contributed by atoms with Crippen LogP contribution < -0.4 is 10.2 Å². The molecule has 1 saturated carbocycles. The third kappa shape index (κ3) is 7.44. The fourth-order valence-corrected chi connectivity index (χ4v) is 4.93. The smallest absolute Gasteiger partial charge is 0.287 e. The fourth-order valence-electron chi connectivity index (χ4n) is 4.17. The maximum Gasteiger partial charge on any atom is 0.287 e. The van der Waals surface area contributed by atoms with Crippen LogP contribution in [0.1, 0.15) is 40.4 Å². The molecule has 9 heteroatoms. The van der Waals surface area contributed by atoms with Gasteiger partial charge in [0.15, 0.2) is 10.9 Å². The number of furan rings is 1. The van der Waals surface area contributed by atoms with Crippen LogP contribution in [0.4, 0.5) is 5.82 Å². The van der Waals surface area contributed by atoms with Crippen molar-refractivity contribution in [3.05, 3.63) is 77.4 Å². The molecule has 3 heterocycles. The van der Waals surface area contributed by atoms with E-state index in [1.54, 1.807) is 13.2 Å². The summed E-state index contributed by atoms with van der Waals surface area (Å²) in [7, 11) is 1.67. The van der Waals surface area contributed by atoms with Gasteiger partial charge in [0.1, 0.15) is 11.6 Å². The normalized spacial score (nSPS) is 16.4. The minimum Gasteiger partial charge on any atom is -0.455 e. The van der Waals surface area contributed by atoms with Gasteiger partial charge in [-0.05, 0) is 30.5 Å². The first-order valence-corrected chi connectivity index (χ1v) is 13.7. The van der Waals surface area contributed by atoms with Gasteiger partial charge in [-0.3, -0.25) is 9.69 Å². The summed E-state index contributed by atoms with van der Waals surface area (Å²) < 4.78 is 11.1. The van der Waals surface area contributed by atoms with E-state index in [4.69, 9.17) is 14.1 Å². The maximum absolute atomic E-state index is 12.2. The first-order valence-electron chi connectivity index (χ1n) is 12.7. The number of amides is 1. The number of rotatable bonds is 11. The Kier molecular flexibility index (Phi) is 8.55. The third-order valence-electron chi connectivity index (χ3n) is 6.35. The second kappa shape index (κ2) is 12.4. The molecule has 2 fully saturated rings. The van der Waals surface area contributed by atoms with Crippen molar-refractivity contribution in [2.45, 2.75) is 36.4 Å². The standard InChI is InChI=1S/C28H33N5O3S/c1-35-19-23-18-26(33-16-14-32(15-17-33)13-5-8-21-6-3-2-4-7-21)31-28(30-23)37-20-24-11-12-25(36-24)27(34)29-22-9-10-22/h2-8,11-12,18,22H,9-10,13-17,19-20H2,1H3,(H,29,34)/b8-5+. The lowest BCUT2D eigenvalue weighted by Crippen LogP contribution is -2.46. The molecule has 1 saturated heterocycles. The van der Waals surface area contributed by atoms with Crippen LogP contribution in [-0.2, 0) is 17.1 Å². The van der Waals surface area contributed by atoms with Crippen molar-refractivity contribution in [1.82, 2.24) is 20.2 Å². The van der Waals surface area contributed by atoms with E-state index in [0.717, 1.165) is 62.8 Å². The molecule has 194 valence electrons. The van der Waals surface area contributed by atoms with Gasteiger partial charge < -0.3 is 19.4 Å². The molecule has 1 amide bonds. The monoisotopic (exact) mass is 519 g/mol. The minimum absolute atomic E-state index is 0.144. The first-order chi connectivity index (χ1) is 18.2. The molecule has 37 heavy (non-hydrogen) atoms. The number of hydrogen-bond donors (Lipinski definition) is 1. The predicted octanol–water partition coefficient (Wildman–Crippen LogP) is 4.24. The van der Waals surface area contributed by atoms with Gasteiger partial charge in [-0.2, -0.15) is 0 Å². The largest absolute Gasteiger partial charge is 0.455 e. The number of carbonyl (C=O) groups is 1. The lowest BCUT2D eigenvalue weighted by molar-refractivity contribution is 0.0922. The first kappa shape index (κ1) is 25.5. The number of carbonyl (C=O) groups excluding carboxylic acids is 1. The SMILES string of the molecule is COCc1cc(N2CCN(C/C=C/c3ccccc3)CC2)nc(SCc2ccc(C(=O)NC3CC3)o2)n1. The van der Waals surface area contributed by atoms with Crippen molar-refractivity contribution in [3.63, 3.8) is 0 Å². The molecule has 0 bridgehead atoms. The molecule has 0 radical (unpaired) electrons. The van der Waals surface area contributed by atoms with Gasteiger partial charge in [0.2, 0.25) is 0 Å². The highest BCUT2D eigenvalue weighted by molar-refractivity contribution is 7.98. The fraction of sp³-hybridized carbons (Fsp3) is 0.393. The number of methoxy groups -OCH3 is 1. The summed E-state index contributed by atoms with van der Waals surface area (Å²) in [6, 6.07) is 16.3. The summed E-state index contributed by atoms with van der Waals surface area (Å²) >= 11 is 1.50. The molecule has 2 aromatic heterocycles. The lowest BCUT2D eigenvalue weighted by Gasteiger charge is -2.35. The Labute approximate surface area is 222 Å². The molecule has 0 atom stereocenters. The summed E-state index contributed by atoms with van der Waals surface area (Å²) in [6.45, 7) is 5.13. The van der Waals surface area contributed by atoms with Crippen LogP contribution in [0.2, 0.25) is 0 Å². The van der Waals surface area contributed by atoms with E-state index >= 15 is 0 Å². The van der Waals surface area contributed by atoms with Crippen LogP contribution in [-0.4, -0.2) is 66.7 Å². The van der Waals surface area contributed by atoms with E-state index in [0.29, 0.717) is 29.3 Å². The quantitative estimate of drug-likeness (QED) is 0.298. The second-order valence-electron chi connectivity index (χ2n) is 9.34. The van der Waals surface area contributed by atoms with E-state index in [1.807, 2.05) is 18.2 Å². The summed E-state index contributed by atoms with van der Waals surface area (Å²) in [6.07, 6.45) is 6.51. The van der Waals surface area contributed by atoms with E-state index in [2.05, 4.69) is 56.5 Å². The Morgan fingerprint density at radius 3 is 2.70 bits per heavy atom. The van der Waals surface area contributed by atoms with Crippen molar-refractivity contribution in [2.24, 2.45) is 0 Å². The highest BCUT2D eigenvalue weighted by atomic mass is 32.2. The number of nitrogens with one attached hydrogen (secondary N) is 1. The summed E-state index contributed by atoms with van der Waals surface area (Å²) in [5.74, 6) is 2.41. The van der Waals surface area contributed by atoms with E-state index in [-0.39, 0.29) is 5.91 Å². The topological polar surface area (TPSA) is 83.7 Å². The van der Waals surface area contributed by atoms with E-state index < -0.39 is 0 Å². The molecule has 5 rings (SSSR count). The Morgan fingerprint density at radius 1 is 1.14 bits per heavy atom. The van der Waals surface area contributed by atoms with Gasteiger partial charge in [0.05, 0.1) is 18.1 Å². The Balaban J connectivity index is 1.16. The zero-order valence-corrected chi connectivity index (χ0v) is 22.0. The Bertz CT molecular complexity index is 1200. The zero-order chi connectivity index (χ0) is 25.5. The van der Waals surface area contributed by atoms with Gasteiger partial charge in [0.25, 0.3) is 5.91 Å². The van der Waals surface area contributed by atoms with Crippen LogP contribution in [0.5, 0.6) is 0 Å². The molecule has 0 unspecified atom stereocenters. The second-order valence-corrected chi connectivity index (χ2v) is 10.3. The van der Waals surface area contributed by atoms with Crippen LogP contribution in [0.3, 0.4) is 0 Å². The van der Waals surface area contributed by atoms with Crippen molar-refractivity contribution in [3.8, 4) is 0 Å². The highest BCUT2D eigenvalue weighted by Gasteiger charge is 2.25. The zero-order valence-electron chi connectivity index (χ0n) is 21.1. The maximum atomic E-state index is 12.2. The number of anilines is 1. The van der Waals surface area contributed by atoms with Gasteiger partial charge in [0, 0.05) is 51.9 Å². The number of hydrogen-bond acceptors (Lipinski definition) is 8. The molecule has 0 spiro atoms. The molecule has 1 N–H and O–H groups in total. The van der Waals surface area contributed by atoms with Crippen LogP contribution in [0, 0.1) is 0 Å². The van der Waals surface area contributed by atoms with Crippen LogP contribution in [0.25, 0.3) is 6.08 Å². The van der Waals surface area contributed by atoms with Crippen molar-refractivity contribution < 1.29 is 13.9 Å². The number of nitrogens with zero attached hydrogens (tertiary/aromatic N) is 4. The number of thioether (sulfide) groups is 1. The molecule has 3 aromatic rings. The van der Waals surface area contributed by atoms with Crippen molar-refractivity contribution >= 4 is 29.6 Å². The molecule has 2 aliphatic rings. The Morgan fingerprint density at radius 2 is 1.95 bits per heavy atom. The van der Waals surface area contributed by atoms with Gasteiger partial charge in [-0.1, -0.05) is 54.2 Å². The van der Waals surface area contributed by atoms with E-state index in [9.17, 15) is 4.79 Å². The molecular weight excluding hydrogens is 486 g/mol. The van der Waals surface area contributed by atoms with Gasteiger partial charge in [-0.25, -0.2) is 9.97 Å². The van der Waals surface area contributed by atoms with E-state index in [1.165, 1.54) is 17.3 Å². The average Bonchev–Trinajstić information content (AvgIpc) is 3.61. The molecule has 1 aliphatic heterocycles. The van der Waals surface area contributed by atoms with Crippen LogP contribution in [0.15, 0.2) is 64.2 Å². The molecule has 8 nitrogen and oxygen atoms in total. The van der Waals surface area contributed by atoms with Crippen molar-refractivity contribution in [2.75, 3.05) is 44.7 Å². The minimum atomic E-state index is -0.144. The molecule has 1 aromatic carbocycles. The summed E-state index contributed by atoms with van der Waals surface area (Å²) in [5, 5.41) is 3.63. The summed E-state index contributed by atoms with van der Waals surface area (Å²) in [5.41, 5.74) is 2.08. The Hall–Kier alpha value is -3.14. The number of ether oxygens (including phenoxy) is 1. The van der Waals surface area contributed by atoms with Crippen LogP contribution >= 0.6 is 11.8 Å². The molecular formula is C28H33N5O3S.